The molecular weight excluding hydrogens is 280 g/mol. The minimum atomic E-state index is 0.608. The van der Waals surface area contributed by atoms with Gasteiger partial charge in [-0.1, -0.05) is 0 Å². The van der Waals surface area contributed by atoms with Crippen molar-refractivity contribution >= 4 is 27.8 Å². The molecule has 3 aromatic carbocycles. The second-order valence-corrected chi connectivity index (χ2v) is 4.89. The van der Waals surface area contributed by atoms with Crippen molar-refractivity contribution in [2.24, 2.45) is 0 Å². The monoisotopic (exact) mass is 296 g/mol. The Morgan fingerprint density at radius 3 is 2.27 bits per heavy atom. The van der Waals surface area contributed by atoms with Crippen molar-refractivity contribution < 1.29 is 19.0 Å². The lowest BCUT2D eigenvalue weighted by Crippen LogP contribution is -1.95. The molecule has 0 N–H and O–H groups in total. The topological polar surface area (TPSA) is 44.8 Å². The zero-order valence-electron chi connectivity index (χ0n) is 12.7. The lowest BCUT2D eigenvalue weighted by molar-refractivity contribution is 0.112. The third kappa shape index (κ3) is 2.04. The summed E-state index contributed by atoms with van der Waals surface area (Å²) in [7, 11) is 4.81. The fraction of sp³-hybridized carbons (Fsp3) is 0.167. The van der Waals surface area contributed by atoms with E-state index in [4.69, 9.17) is 14.2 Å². The van der Waals surface area contributed by atoms with Gasteiger partial charge < -0.3 is 14.2 Å². The molecular formula is C18H16O4. The number of hydrogen-bond acceptors (Lipinski definition) is 4. The first kappa shape index (κ1) is 14.2. The van der Waals surface area contributed by atoms with E-state index in [0.717, 1.165) is 33.6 Å². The van der Waals surface area contributed by atoms with Crippen molar-refractivity contribution in [2.45, 2.75) is 0 Å². The van der Waals surface area contributed by atoms with E-state index < -0.39 is 0 Å². The van der Waals surface area contributed by atoms with Gasteiger partial charge in [-0.2, -0.15) is 0 Å². The molecule has 0 unspecified atom stereocenters. The molecule has 3 rings (SSSR count). The van der Waals surface area contributed by atoms with Crippen LogP contribution in [0.2, 0.25) is 0 Å². The predicted octanol–water partition coefficient (Wildman–Crippen LogP) is 3.83. The Kier molecular flexibility index (Phi) is 3.59. The van der Waals surface area contributed by atoms with E-state index in [0.29, 0.717) is 17.1 Å². The van der Waals surface area contributed by atoms with Crippen molar-refractivity contribution in [3.63, 3.8) is 0 Å². The van der Waals surface area contributed by atoms with Gasteiger partial charge in [0.2, 0.25) is 0 Å². The lowest BCUT2D eigenvalue weighted by Gasteiger charge is -2.14. The molecule has 0 aliphatic heterocycles. The van der Waals surface area contributed by atoms with Crippen LogP contribution >= 0.6 is 0 Å². The first-order valence-corrected chi connectivity index (χ1v) is 6.84. The van der Waals surface area contributed by atoms with Crippen LogP contribution in [0.1, 0.15) is 10.4 Å². The number of benzene rings is 3. The van der Waals surface area contributed by atoms with Crippen LogP contribution in [0.5, 0.6) is 17.2 Å². The average molecular weight is 296 g/mol. The molecule has 0 bridgehead atoms. The highest BCUT2D eigenvalue weighted by molar-refractivity contribution is 6.16. The molecule has 4 nitrogen and oxygen atoms in total. The minimum absolute atomic E-state index is 0.608. The van der Waals surface area contributed by atoms with Crippen LogP contribution < -0.4 is 14.2 Å². The molecule has 0 atom stereocenters. The maximum absolute atomic E-state index is 11.5. The van der Waals surface area contributed by atoms with E-state index in [1.807, 2.05) is 36.4 Å². The van der Waals surface area contributed by atoms with Gasteiger partial charge in [0.05, 0.1) is 21.3 Å². The quantitative estimate of drug-likeness (QED) is 0.542. The Hall–Kier alpha value is -2.75. The standard InChI is InChI=1S/C18H16O4/c1-20-13-4-5-14-11(9-13)8-12(10-19)15-6-7-16(21-2)18(22-3)17(14)15/h4-10H,1-3H3. The highest BCUT2D eigenvalue weighted by Crippen LogP contribution is 2.41. The van der Waals surface area contributed by atoms with E-state index in [1.54, 1.807) is 21.3 Å². The van der Waals surface area contributed by atoms with Gasteiger partial charge in [-0.3, -0.25) is 4.79 Å². The average Bonchev–Trinajstić information content (AvgIpc) is 2.58. The lowest BCUT2D eigenvalue weighted by atomic mass is 9.96. The molecule has 22 heavy (non-hydrogen) atoms. The molecule has 0 spiro atoms. The molecule has 0 saturated carbocycles. The second kappa shape index (κ2) is 5.56. The summed E-state index contributed by atoms with van der Waals surface area (Å²) in [5.74, 6) is 2.00. The van der Waals surface area contributed by atoms with E-state index in [1.165, 1.54) is 0 Å². The molecule has 0 heterocycles. The number of fused-ring (bicyclic) bond motifs is 3. The Morgan fingerprint density at radius 1 is 0.864 bits per heavy atom. The number of ether oxygens (including phenoxy) is 3. The van der Waals surface area contributed by atoms with Crippen LogP contribution in [0.25, 0.3) is 21.5 Å². The van der Waals surface area contributed by atoms with Crippen LogP contribution in [0.4, 0.5) is 0 Å². The molecule has 0 amide bonds. The van der Waals surface area contributed by atoms with Crippen LogP contribution in [-0.2, 0) is 0 Å². The summed E-state index contributed by atoms with van der Waals surface area (Å²) in [5, 5.41) is 3.60. The van der Waals surface area contributed by atoms with Crippen LogP contribution in [-0.4, -0.2) is 27.6 Å². The predicted molar refractivity (Wildman–Crippen MR) is 86.5 cm³/mol. The highest BCUT2D eigenvalue weighted by Gasteiger charge is 2.15. The van der Waals surface area contributed by atoms with Gasteiger partial charge in [0.25, 0.3) is 0 Å². The minimum Gasteiger partial charge on any atom is -0.497 e. The summed E-state index contributed by atoms with van der Waals surface area (Å²) >= 11 is 0. The first-order chi connectivity index (χ1) is 10.7. The molecule has 0 radical (unpaired) electrons. The van der Waals surface area contributed by atoms with Crippen molar-refractivity contribution in [3.05, 3.63) is 42.0 Å². The molecule has 0 aliphatic rings. The maximum Gasteiger partial charge on any atom is 0.169 e. The van der Waals surface area contributed by atoms with Crippen LogP contribution in [0.15, 0.2) is 36.4 Å². The van der Waals surface area contributed by atoms with Gasteiger partial charge in [-0.15, -0.1) is 0 Å². The molecule has 112 valence electrons. The van der Waals surface area contributed by atoms with Gasteiger partial charge in [0.15, 0.2) is 17.8 Å². The SMILES string of the molecule is COc1ccc2c(c1)cc(C=O)c1ccc(OC)c(OC)c12. The number of hydrogen-bond donors (Lipinski definition) is 0. The Morgan fingerprint density at radius 2 is 1.64 bits per heavy atom. The molecule has 0 saturated heterocycles. The van der Waals surface area contributed by atoms with Gasteiger partial charge in [-0.25, -0.2) is 0 Å². The number of carbonyl (C=O) groups excluding carboxylic acids is 1. The van der Waals surface area contributed by atoms with E-state index in [-0.39, 0.29) is 0 Å². The van der Waals surface area contributed by atoms with Crippen molar-refractivity contribution in [2.75, 3.05) is 21.3 Å². The summed E-state index contributed by atoms with van der Waals surface area (Å²) in [4.78, 5) is 11.5. The maximum atomic E-state index is 11.5. The molecule has 0 aliphatic carbocycles. The van der Waals surface area contributed by atoms with E-state index in [2.05, 4.69) is 0 Å². The van der Waals surface area contributed by atoms with E-state index >= 15 is 0 Å². The first-order valence-electron chi connectivity index (χ1n) is 6.84. The van der Waals surface area contributed by atoms with Crippen LogP contribution in [0.3, 0.4) is 0 Å². The number of carbonyl (C=O) groups is 1. The fourth-order valence-electron chi connectivity index (χ4n) is 2.79. The third-order valence-electron chi connectivity index (χ3n) is 3.82. The van der Waals surface area contributed by atoms with Gasteiger partial charge in [-0.05, 0) is 52.6 Å². The Bertz CT molecular complexity index is 868. The Balaban J connectivity index is 2.54. The van der Waals surface area contributed by atoms with Crippen LogP contribution in [0, 0.1) is 0 Å². The summed E-state index contributed by atoms with van der Waals surface area (Å²) < 4.78 is 16.2. The number of aldehydes is 1. The molecule has 0 aromatic heterocycles. The summed E-state index contributed by atoms with van der Waals surface area (Å²) in [6.07, 6.45) is 0.854. The Labute approximate surface area is 128 Å². The van der Waals surface area contributed by atoms with Gasteiger partial charge in [0, 0.05) is 10.9 Å². The van der Waals surface area contributed by atoms with Crippen molar-refractivity contribution in [1.82, 2.24) is 0 Å². The normalized spacial score (nSPS) is 10.7. The zero-order valence-corrected chi connectivity index (χ0v) is 12.7. The molecule has 0 fully saturated rings. The van der Waals surface area contributed by atoms with Crippen molar-refractivity contribution in [3.8, 4) is 17.2 Å². The fourth-order valence-corrected chi connectivity index (χ4v) is 2.79. The second-order valence-electron chi connectivity index (χ2n) is 4.89. The number of rotatable bonds is 4. The van der Waals surface area contributed by atoms with E-state index in [9.17, 15) is 4.79 Å². The molecule has 3 aromatic rings. The van der Waals surface area contributed by atoms with Gasteiger partial charge in [0.1, 0.15) is 5.75 Å². The summed E-state index contributed by atoms with van der Waals surface area (Å²) in [5.41, 5.74) is 0.608. The zero-order chi connectivity index (χ0) is 15.7. The summed E-state index contributed by atoms with van der Waals surface area (Å²) in [6.45, 7) is 0. The molecule has 4 heteroatoms. The third-order valence-corrected chi connectivity index (χ3v) is 3.82. The smallest absolute Gasteiger partial charge is 0.169 e. The largest absolute Gasteiger partial charge is 0.497 e. The number of methoxy groups -OCH3 is 3. The highest BCUT2D eigenvalue weighted by atomic mass is 16.5. The van der Waals surface area contributed by atoms with Crippen molar-refractivity contribution in [1.29, 1.82) is 0 Å². The van der Waals surface area contributed by atoms with Gasteiger partial charge >= 0.3 is 0 Å². The summed E-state index contributed by atoms with van der Waals surface area (Å²) in [6, 6.07) is 11.3.